The first-order valence-corrected chi connectivity index (χ1v) is 15.8. The van der Waals surface area contributed by atoms with E-state index in [1.165, 1.54) is 27.7 Å². The molecule has 0 aliphatic rings. The molecule has 0 rings (SSSR count). The van der Waals surface area contributed by atoms with Crippen LogP contribution in [-0.4, -0.2) is 155 Å². The van der Waals surface area contributed by atoms with Gasteiger partial charge >= 0.3 is 49.7 Å². The summed E-state index contributed by atoms with van der Waals surface area (Å²) in [4.78, 5) is 45.4. The molecule has 45 heavy (non-hydrogen) atoms. The second kappa shape index (κ2) is 26.5. The van der Waals surface area contributed by atoms with Crippen molar-refractivity contribution >= 4 is 61.6 Å². The van der Waals surface area contributed by atoms with Crippen molar-refractivity contribution in [3.8, 4) is 0 Å². The zero-order valence-electron chi connectivity index (χ0n) is 28.4. The van der Waals surface area contributed by atoms with Gasteiger partial charge in [-0.15, -0.1) is 0 Å². The molecule has 256 valence electrons. The fraction of sp³-hybridized carbons (Fsp3) is 0.750. The molecule has 0 aliphatic carbocycles. The van der Waals surface area contributed by atoms with Gasteiger partial charge in [-0.25, -0.2) is 9.59 Å². The van der Waals surface area contributed by atoms with E-state index in [0.717, 1.165) is 51.4 Å². The van der Waals surface area contributed by atoms with Gasteiger partial charge in [0.1, 0.15) is 25.2 Å². The zero-order valence-corrected chi connectivity index (χ0v) is 30.6. The molecule has 12 nitrogen and oxygen atoms in total. The summed E-state index contributed by atoms with van der Waals surface area (Å²) in [6.07, 6.45) is 15.9. The van der Waals surface area contributed by atoms with E-state index in [2.05, 4.69) is 13.8 Å². The summed E-state index contributed by atoms with van der Waals surface area (Å²) < 4.78 is -0.503. The van der Waals surface area contributed by atoms with Crippen molar-refractivity contribution in [2.24, 2.45) is 0 Å². The number of aliphatic hydroxyl groups excluding tert-OH is 2. The van der Waals surface area contributed by atoms with E-state index in [1.807, 2.05) is 24.3 Å². The minimum atomic E-state index is -1.30. The molecule has 0 heterocycles. The van der Waals surface area contributed by atoms with E-state index in [9.17, 15) is 49.8 Å². The molecule has 0 radical (unpaired) electrons. The number of hydrogen-bond acceptors (Lipinski definition) is 8. The molecule has 0 saturated heterocycles. The van der Waals surface area contributed by atoms with Crippen LogP contribution in [0.3, 0.4) is 0 Å². The third-order valence-corrected chi connectivity index (χ3v) is 8.69. The van der Waals surface area contributed by atoms with Gasteiger partial charge in [0.2, 0.25) is 0 Å². The van der Waals surface area contributed by atoms with Crippen LogP contribution >= 0.6 is 0 Å². The van der Waals surface area contributed by atoms with Crippen LogP contribution < -0.4 is 10.2 Å². The van der Waals surface area contributed by atoms with Crippen molar-refractivity contribution in [3.05, 3.63) is 24.3 Å². The van der Waals surface area contributed by atoms with Crippen molar-refractivity contribution < 1.29 is 58.8 Å². The Hall–Kier alpha value is -1.54. The van der Waals surface area contributed by atoms with Gasteiger partial charge in [-0.3, -0.25) is 0 Å². The van der Waals surface area contributed by atoms with Crippen LogP contribution in [0.25, 0.3) is 0 Å². The molecule has 0 fully saturated rings. The number of unbranched alkanes of at least 4 members (excludes halogenated alkanes) is 6. The zero-order chi connectivity index (χ0) is 34.3. The first-order chi connectivity index (χ1) is 20.7. The summed E-state index contributed by atoms with van der Waals surface area (Å²) in [7, 11) is 0. The minimum Gasteiger partial charge on any atom is -0.544 e. The van der Waals surface area contributed by atoms with Crippen molar-refractivity contribution in [2.45, 2.75) is 117 Å². The van der Waals surface area contributed by atoms with Gasteiger partial charge in [-0.05, 0) is 65.5 Å². The largest absolute Gasteiger partial charge is 2.00 e. The van der Waals surface area contributed by atoms with Crippen LogP contribution in [0.15, 0.2) is 24.3 Å². The Morgan fingerprint density at radius 2 is 0.911 bits per heavy atom. The molecule has 0 aromatic heterocycles. The second-order valence-electron chi connectivity index (χ2n) is 11.4. The number of carboxylic acid groups (broad SMARTS) is 4. The molecule has 0 aromatic carbocycles. The predicted molar refractivity (Wildman–Crippen MR) is 170 cm³/mol. The van der Waals surface area contributed by atoms with E-state index < -0.39 is 48.0 Å². The van der Waals surface area contributed by atoms with Crippen LogP contribution in [0.2, 0.25) is 0 Å². The van der Waals surface area contributed by atoms with Crippen molar-refractivity contribution in [1.29, 1.82) is 0 Å². The average molecular weight is 671 g/mol. The number of quaternary nitrogens is 2. The number of carboxylic acids is 4. The summed E-state index contributed by atoms with van der Waals surface area (Å²) in [5.41, 5.74) is 0. The van der Waals surface area contributed by atoms with Crippen molar-refractivity contribution in [2.75, 3.05) is 39.4 Å². The van der Waals surface area contributed by atoms with Crippen LogP contribution in [-0.2, 0) is 19.2 Å². The van der Waals surface area contributed by atoms with Crippen LogP contribution in [0.1, 0.15) is 92.9 Å². The van der Waals surface area contributed by atoms with Crippen LogP contribution in [0, 0.1) is 0 Å². The third kappa shape index (κ3) is 16.7. The molecule has 13 heteroatoms. The molecule has 4 N–H and O–H groups in total. The van der Waals surface area contributed by atoms with Gasteiger partial charge in [-0.1, -0.05) is 51.7 Å². The fourth-order valence-electron chi connectivity index (χ4n) is 5.29. The molecule has 6 atom stereocenters. The Balaban J connectivity index is -0.000000767. The maximum Gasteiger partial charge on any atom is 2.00 e. The van der Waals surface area contributed by atoms with Gasteiger partial charge in [0.25, 0.3) is 0 Å². The van der Waals surface area contributed by atoms with E-state index >= 15 is 0 Å². The quantitative estimate of drug-likeness (QED) is 0.0492. The maximum absolute atomic E-state index is 11.4. The number of aliphatic hydroxyl groups is 2. The molecular formula is C32H58CaN2O10+2. The predicted octanol–water partition coefficient (Wildman–Crippen LogP) is 0.706. The molecule has 0 aliphatic heterocycles. The monoisotopic (exact) mass is 670 g/mol. The van der Waals surface area contributed by atoms with E-state index in [0.29, 0.717) is 0 Å². The number of carbonyl (C=O) groups is 4. The topological polar surface area (TPSA) is 195 Å². The average Bonchev–Trinajstić information content (AvgIpc) is 2.98. The molecule has 0 bridgehead atoms. The second-order valence-corrected chi connectivity index (χ2v) is 11.4. The van der Waals surface area contributed by atoms with E-state index in [-0.39, 0.29) is 86.1 Å². The third-order valence-electron chi connectivity index (χ3n) is 8.69. The number of rotatable bonds is 24. The van der Waals surface area contributed by atoms with Gasteiger partial charge < -0.3 is 49.2 Å². The fourth-order valence-corrected chi connectivity index (χ4v) is 5.29. The molecule has 0 aromatic rings. The Labute approximate surface area is 299 Å². The van der Waals surface area contributed by atoms with E-state index in [4.69, 9.17) is 0 Å². The van der Waals surface area contributed by atoms with Crippen LogP contribution in [0.5, 0.6) is 0 Å². The standard InChI is InChI=1S/2C16H29NO5.Ca/c2*1-4-5-6-7-8-9-10-17(11-12-18,13(2)15(19)20)14(3)16(21)22;/h2*8-9,13-14,18H,4-7,10-12H2,1-3H3,(H-,19,20,21,22);/q;;+2/b2*9-8+;. The van der Waals surface area contributed by atoms with Crippen LogP contribution in [0.4, 0.5) is 0 Å². The summed E-state index contributed by atoms with van der Waals surface area (Å²) >= 11 is 0. The number of allylic oxidation sites excluding steroid dienone is 2. The Kier molecular flexibility index (Phi) is 28.2. The summed E-state index contributed by atoms with van der Waals surface area (Å²) in [6, 6.07) is -3.92. The number of carbonyl (C=O) groups excluding carboxylic acids is 2. The number of nitrogens with zero attached hydrogens (tertiary/aromatic N) is 2. The van der Waals surface area contributed by atoms with Crippen molar-refractivity contribution in [1.82, 2.24) is 0 Å². The summed E-state index contributed by atoms with van der Waals surface area (Å²) in [5.74, 6) is -4.77. The van der Waals surface area contributed by atoms with Gasteiger partial charge in [0.05, 0.1) is 38.2 Å². The van der Waals surface area contributed by atoms with Gasteiger partial charge in [-0.2, -0.15) is 0 Å². The van der Waals surface area contributed by atoms with E-state index in [1.54, 1.807) is 0 Å². The summed E-state index contributed by atoms with van der Waals surface area (Å²) in [6.45, 7) is 10.1. The van der Waals surface area contributed by atoms with Gasteiger partial charge in [0, 0.05) is 0 Å². The normalized spacial score (nSPS) is 16.7. The SMILES string of the molecule is CCCCC/C=C/C[N+](CCO)(C(C)C(=O)[O-])C(C)C(=O)O.CCCCC/C=C/C[N+](CCO)(C(C)C(=O)[O-])C(C)C(=O)O.[Ca+2]. The molecule has 6 unspecified atom stereocenters. The van der Waals surface area contributed by atoms with Crippen molar-refractivity contribution in [3.63, 3.8) is 0 Å². The summed E-state index contributed by atoms with van der Waals surface area (Å²) in [5, 5.41) is 59.8. The molecule has 0 saturated carbocycles. The van der Waals surface area contributed by atoms with Gasteiger partial charge in [0.15, 0.2) is 12.1 Å². The number of aliphatic carboxylic acids is 4. The molecule has 0 spiro atoms. The molecular weight excluding hydrogens is 612 g/mol. The Morgan fingerprint density at radius 1 is 0.600 bits per heavy atom. The first kappa shape index (κ1) is 47.9. The number of hydrogen-bond donors (Lipinski definition) is 4. The smallest absolute Gasteiger partial charge is 0.544 e. The molecule has 0 amide bonds. The Morgan fingerprint density at radius 3 is 1.13 bits per heavy atom. The maximum atomic E-state index is 11.4. The minimum absolute atomic E-state index is 0. The first-order valence-electron chi connectivity index (χ1n) is 15.8. The Bertz CT molecular complexity index is 800.